The zero-order valence-corrected chi connectivity index (χ0v) is 15.7. The summed E-state index contributed by atoms with van der Waals surface area (Å²) in [5.41, 5.74) is 5.85. The zero-order chi connectivity index (χ0) is 20.8. The van der Waals surface area contributed by atoms with E-state index in [0.717, 1.165) is 10.9 Å². The Balaban J connectivity index is 1.65. The van der Waals surface area contributed by atoms with E-state index >= 15 is 0 Å². The molecule has 9 nitrogen and oxygen atoms in total. The van der Waals surface area contributed by atoms with Crippen LogP contribution in [-0.4, -0.2) is 41.2 Å². The van der Waals surface area contributed by atoms with Gasteiger partial charge < -0.3 is 14.8 Å². The molecule has 3 rings (SSSR count). The lowest BCUT2D eigenvalue weighted by molar-refractivity contribution is 0.0845. The van der Waals surface area contributed by atoms with Crippen LogP contribution in [0.1, 0.15) is 20.8 Å². The van der Waals surface area contributed by atoms with E-state index in [1.807, 2.05) is 0 Å². The third-order valence-corrected chi connectivity index (χ3v) is 4.08. The van der Waals surface area contributed by atoms with Gasteiger partial charge in [0.15, 0.2) is 0 Å². The number of H-pyrrole nitrogens is 1. The minimum Gasteiger partial charge on any atom is -0.447 e. The van der Waals surface area contributed by atoms with Gasteiger partial charge in [-0.15, -0.1) is 0 Å². The first kappa shape index (κ1) is 20.2. The Morgan fingerprint density at radius 2 is 1.79 bits per heavy atom. The van der Waals surface area contributed by atoms with Gasteiger partial charge in [0, 0.05) is 15.9 Å². The number of carbonyl (C=O) groups excluding carboxylic acids is 3. The van der Waals surface area contributed by atoms with Gasteiger partial charge in [0.2, 0.25) is 0 Å². The number of benzene rings is 2. The number of amides is 3. The van der Waals surface area contributed by atoms with Gasteiger partial charge in [0.25, 0.3) is 11.8 Å². The highest BCUT2D eigenvalue weighted by molar-refractivity contribution is 6.31. The number of nitrogens with one attached hydrogen (secondary N) is 4. The zero-order valence-electron chi connectivity index (χ0n) is 15.0. The molecule has 0 aliphatic rings. The van der Waals surface area contributed by atoms with Crippen molar-refractivity contribution in [3.05, 3.63) is 64.8 Å². The molecule has 0 spiro atoms. The van der Waals surface area contributed by atoms with Gasteiger partial charge in [0.1, 0.15) is 12.3 Å². The van der Waals surface area contributed by atoms with Crippen LogP contribution in [0.2, 0.25) is 5.02 Å². The molecule has 29 heavy (non-hydrogen) atoms. The van der Waals surface area contributed by atoms with Crippen LogP contribution in [0, 0.1) is 0 Å². The number of rotatable bonds is 5. The molecule has 150 valence electrons. The fraction of sp³-hybridized carbons (Fsp3) is 0.105. The average molecular weight is 417 g/mol. The predicted octanol–water partition coefficient (Wildman–Crippen LogP) is 2.44. The Morgan fingerprint density at radius 3 is 2.59 bits per heavy atom. The highest BCUT2D eigenvalue weighted by Crippen LogP contribution is 2.20. The minimum atomic E-state index is -0.819. The Kier molecular flexibility index (Phi) is 6.32. The molecule has 5 N–H and O–H groups in total. The van der Waals surface area contributed by atoms with Crippen molar-refractivity contribution in [1.82, 2.24) is 15.8 Å². The summed E-state index contributed by atoms with van der Waals surface area (Å²) in [6.07, 6.45) is -0.819. The van der Waals surface area contributed by atoms with Gasteiger partial charge in [-0.2, -0.15) is 0 Å². The lowest BCUT2D eigenvalue weighted by atomic mass is 10.1. The summed E-state index contributed by atoms with van der Waals surface area (Å²) >= 11 is 5.93. The Morgan fingerprint density at radius 1 is 1.03 bits per heavy atom. The average Bonchev–Trinajstić information content (AvgIpc) is 3.14. The predicted molar refractivity (Wildman–Crippen MR) is 107 cm³/mol. The summed E-state index contributed by atoms with van der Waals surface area (Å²) < 4.78 is 4.71. The number of aromatic amines is 1. The molecule has 2 aromatic carbocycles. The van der Waals surface area contributed by atoms with Crippen LogP contribution in [0.5, 0.6) is 0 Å². The Labute approximate surface area is 170 Å². The van der Waals surface area contributed by atoms with Crippen molar-refractivity contribution in [2.45, 2.75) is 0 Å². The lowest BCUT2D eigenvalue weighted by Crippen LogP contribution is -2.42. The molecule has 3 aromatic rings. The molecule has 3 amide bonds. The maximum Gasteiger partial charge on any atom is 0.411 e. The fourth-order valence-corrected chi connectivity index (χ4v) is 2.73. The molecule has 1 heterocycles. The maximum atomic E-state index is 12.4. The molecular weight excluding hydrogens is 400 g/mol. The van der Waals surface area contributed by atoms with E-state index in [0.29, 0.717) is 5.02 Å². The largest absolute Gasteiger partial charge is 0.447 e. The molecule has 0 aliphatic heterocycles. The molecule has 0 radical (unpaired) electrons. The Bertz CT molecular complexity index is 1070. The van der Waals surface area contributed by atoms with Crippen LogP contribution in [-0.2, 0) is 4.74 Å². The number of para-hydroxylation sites is 1. The minimum absolute atomic E-state index is 0.108. The normalized spacial score (nSPS) is 10.4. The van der Waals surface area contributed by atoms with Gasteiger partial charge in [-0.1, -0.05) is 23.7 Å². The van der Waals surface area contributed by atoms with Crippen molar-refractivity contribution >= 4 is 46.1 Å². The van der Waals surface area contributed by atoms with Gasteiger partial charge in [-0.05, 0) is 36.4 Å². The molecule has 0 saturated carbocycles. The lowest BCUT2D eigenvalue weighted by Gasteiger charge is -2.11. The van der Waals surface area contributed by atoms with Gasteiger partial charge >= 0.3 is 6.09 Å². The second-order valence-corrected chi connectivity index (χ2v) is 6.29. The molecule has 0 fully saturated rings. The number of hydrogen-bond acceptors (Lipinski definition) is 5. The highest BCUT2D eigenvalue weighted by Gasteiger charge is 2.16. The second kappa shape index (κ2) is 9.09. The molecule has 0 aliphatic carbocycles. The van der Waals surface area contributed by atoms with Crippen LogP contribution in [0.25, 0.3) is 10.9 Å². The fourth-order valence-electron chi connectivity index (χ4n) is 2.55. The van der Waals surface area contributed by atoms with Crippen molar-refractivity contribution < 1.29 is 24.2 Å². The molecule has 1 aromatic heterocycles. The molecule has 0 bridgehead atoms. The van der Waals surface area contributed by atoms with Gasteiger partial charge in [0.05, 0.1) is 17.9 Å². The molecule has 0 unspecified atom stereocenters. The first-order chi connectivity index (χ1) is 14.0. The number of aliphatic hydroxyl groups excluding tert-OH is 1. The van der Waals surface area contributed by atoms with E-state index in [9.17, 15) is 14.4 Å². The summed E-state index contributed by atoms with van der Waals surface area (Å²) in [5, 5.41) is 12.4. The van der Waals surface area contributed by atoms with E-state index in [4.69, 9.17) is 21.4 Å². The van der Waals surface area contributed by atoms with E-state index in [1.165, 1.54) is 12.1 Å². The molecule has 0 atom stereocenters. The van der Waals surface area contributed by atoms with Gasteiger partial charge in [-0.3, -0.25) is 25.8 Å². The van der Waals surface area contributed by atoms with Crippen molar-refractivity contribution in [1.29, 1.82) is 0 Å². The highest BCUT2D eigenvalue weighted by atomic mass is 35.5. The molecule has 10 heteroatoms. The third-order valence-electron chi connectivity index (χ3n) is 3.85. The van der Waals surface area contributed by atoms with Crippen molar-refractivity contribution in [3.63, 3.8) is 0 Å². The number of hydrogen-bond donors (Lipinski definition) is 5. The number of fused-ring (bicyclic) bond motifs is 1. The van der Waals surface area contributed by atoms with E-state index in [1.54, 1.807) is 36.4 Å². The number of hydrazine groups is 1. The first-order valence-electron chi connectivity index (χ1n) is 8.50. The van der Waals surface area contributed by atoms with Crippen LogP contribution < -0.4 is 16.2 Å². The summed E-state index contributed by atoms with van der Waals surface area (Å²) in [5.74, 6) is -1.20. The summed E-state index contributed by atoms with van der Waals surface area (Å²) in [4.78, 5) is 39.3. The van der Waals surface area contributed by atoms with E-state index in [-0.39, 0.29) is 30.2 Å². The van der Waals surface area contributed by atoms with Gasteiger partial charge in [-0.25, -0.2) is 4.79 Å². The summed E-state index contributed by atoms with van der Waals surface area (Å²) in [7, 11) is 0. The number of aliphatic hydroxyl groups is 1. The third kappa shape index (κ3) is 5.03. The molecular formula is C19H17ClN4O5. The number of ether oxygens (including phenoxy) is 1. The SMILES string of the molecule is O=C(Nc1ccccc1C(=O)NNC(=O)c1cc2cc(Cl)ccc2[nH]1)OCCO. The van der Waals surface area contributed by atoms with E-state index in [2.05, 4.69) is 21.2 Å². The Hall–Kier alpha value is -3.56. The summed E-state index contributed by atoms with van der Waals surface area (Å²) in [6, 6.07) is 12.9. The maximum absolute atomic E-state index is 12.4. The van der Waals surface area contributed by atoms with E-state index < -0.39 is 17.9 Å². The van der Waals surface area contributed by atoms with Crippen LogP contribution in [0.15, 0.2) is 48.5 Å². The number of aromatic nitrogens is 1. The van der Waals surface area contributed by atoms with Crippen LogP contribution in [0.4, 0.5) is 10.5 Å². The topological polar surface area (TPSA) is 133 Å². The van der Waals surface area contributed by atoms with Crippen LogP contribution in [0.3, 0.4) is 0 Å². The smallest absolute Gasteiger partial charge is 0.411 e. The first-order valence-corrected chi connectivity index (χ1v) is 8.88. The number of halogens is 1. The molecule has 0 saturated heterocycles. The van der Waals surface area contributed by atoms with Crippen molar-refractivity contribution in [2.75, 3.05) is 18.5 Å². The summed E-state index contributed by atoms with van der Waals surface area (Å²) in [6.45, 7) is -0.493. The number of carbonyl (C=O) groups is 3. The van der Waals surface area contributed by atoms with Crippen molar-refractivity contribution in [2.24, 2.45) is 0 Å². The monoisotopic (exact) mass is 416 g/mol. The van der Waals surface area contributed by atoms with Crippen molar-refractivity contribution in [3.8, 4) is 0 Å². The number of anilines is 1. The standard InChI is InChI=1S/C19H17ClN4O5/c20-12-5-6-14-11(9-12)10-16(21-14)18(27)24-23-17(26)13-3-1-2-4-15(13)22-19(28)29-8-7-25/h1-6,9-10,21,25H,7-8H2,(H,22,28)(H,23,26)(H,24,27). The quantitative estimate of drug-likeness (QED) is 0.407. The second-order valence-electron chi connectivity index (χ2n) is 5.85. The van der Waals surface area contributed by atoms with Crippen LogP contribution >= 0.6 is 11.6 Å².